The summed E-state index contributed by atoms with van der Waals surface area (Å²) in [6.07, 6.45) is 0. The molecule has 0 fully saturated rings. The second kappa shape index (κ2) is 4.01. The lowest BCUT2D eigenvalue weighted by molar-refractivity contribution is 0.663. The van der Waals surface area contributed by atoms with Crippen molar-refractivity contribution in [1.82, 2.24) is 5.32 Å². The molecular formula is C16H17N. The minimum Gasteiger partial charge on any atom is -0.302 e. The first-order valence-corrected chi connectivity index (χ1v) is 6.14. The van der Waals surface area contributed by atoms with Crippen molar-refractivity contribution in [3.05, 3.63) is 70.3 Å². The standard InChI is InChI=1S/C16H17N/c1-11-6-3-4-8-13(11)16-14-9-5-7-12(2)15(14)10-17-16/h3-9,16-17H,10H2,1-2H3. The third kappa shape index (κ3) is 1.67. The Hall–Kier alpha value is -1.60. The first-order valence-electron chi connectivity index (χ1n) is 6.14. The summed E-state index contributed by atoms with van der Waals surface area (Å²) in [7, 11) is 0. The van der Waals surface area contributed by atoms with Gasteiger partial charge in [0, 0.05) is 6.54 Å². The molecule has 0 radical (unpaired) electrons. The second-order valence-corrected chi connectivity index (χ2v) is 4.81. The topological polar surface area (TPSA) is 12.0 Å². The first kappa shape index (κ1) is 10.5. The van der Waals surface area contributed by atoms with Crippen molar-refractivity contribution in [2.45, 2.75) is 26.4 Å². The Kier molecular flexibility index (Phi) is 2.49. The molecule has 86 valence electrons. The van der Waals surface area contributed by atoms with Gasteiger partial charge in [0.05, 0.1) is 6.04 Å². The zero-order valence-corrected chi connectivity index (χ0v) is 10.3. The molecule has 2 aromatic rings. The first-order chi connectivity index (χ1) is 8.27. The molecule has 1 N–H and O–H groups in total. The Morgan fingerprint density at radius 2 is 1.59 bits per heavy atom. The summed E-state index contributed by atoms with van der Waals surface area (Å²) in [5.41, 5.74) is 7.07. The summed E-state index contributed by atoms with van der Waals surface area (Å²) in [5, 5.41) is 3.62. The second-order valence-electron chi connectivity index (χ2n) is 4.81. The fraction of sp³-hybridized carbons (Fsp3) is 0.250. The van der Waals surface area contributed by atoms with Gasteiger partial charge in [0.25, 0.3) is 0 Å². The molecule has 1 atom stereocenters. The van der Waals surface area contributed by atoms with Gasteiger partial charge in [-0.25, -0.2) is 0 Å². The molecule has 1 heterocycles. The van der Waals surface area contributed by atoms with Crippen LogP contribution in [0.3, 0.4) is 0 Å². The number of rotatable bonds is 1. The summed E-state index contributed by atoms with van der Waals surface area (Å²) >= 11 is 0. The molecule has 0 saturated heterocycles. The average molecular weight is 223 g/mol. The monoisotopic (exact) mass is 223 g/mol. The van der Waals surface area contributed by atoms with Gasteiger partial charge in [0.1, 0.15) is 0 Å². The maximum Gasteiger partial charge on any atom is 0.0585 e. The van der Waals surface area contributed by atoms with Crippen LogP contribution in [0.2, 0.25) is 0 Å². The summed E-state index contributed by atoms with van der Waals surface area (Å²) in [6.45, 7) is 5.37. The molecule has 1 heteroatoms. The van der Waals surface area contributed by atoms with E-state index in [9.17, 15) is 0 Å². The van der Waals surface area contributed by atoms with Gasteiger partial charge in [-0.3, -0.25) is 0 Å². The van der Waals surface area contributed by atoms with Gasteiger partial charge >= 0.3 is 0 Å². The van der Waals surface area contributed by atoms with Crippen LogP contribution in [0.1, 0.15) is 33.9 Å². The Labute approximate surface area is 102 Å². The Morgan fingerprint density at radius 1 is 0.882 bits per heavy atom. The normalized spacial score (nSPS) is 18.1. The van der Waals surface area contributed by atoms with Crippen LogP contribution in [-0.4, -0.2) is 0 Å². The van der Waals surface area contributed by atoms with Gasteiger partial charge in [-0.05, 0) is 41.7 Å². The van der Waals surface area contributed by atoms with Crippen molar-refractivity contribution in [1.29, 1.82) is 0 Å². The van der Waals surface area contributed by atoms with E-state index in [-0.39, 0.29) is 0 Å². The summed E-state index contributed by atoms with van der Waals surface area (Å²) in [6, 6.07) is 15.6. The van der Waals surface area contributed by atoms with E-state index < -0.39 is 0 Å². The molecule has 0 spiro atoms. The van der Waals surface area contributed by atoms with Crippen LogP contribution >= 0.6 is 0 Å². The molecular weight excluding hydrogens is 206 g/mol. The molecule has 0 aromatic heterocycles. The summed E-state index contributed by atoms with van der Waals surface area (Å²) in [5.74, 6) is 0. The van der Waals surface area contributed by atoms with E-state index in [1.807, 2.05) is 0 Å². The lowest BCUT2D eigenvalue weighted by atomic mass is 9.94. The van der Waals surface area contributed by atoms with Gasteiger partial charge in [-0.15, -0.1) is 0 Å². The molecule has 1 aliphatic heterocycles. The maximum absolute atomic E-state index is 3.62. The van der Waals surface area contributed by atoms with Crippen molar-refractivity contribution < 1.29 is 0 Å². The SMILES string of the molecule is Cc1ccccc1C1NCc2c(C)cccc21. The largest absolute Gasteiger partial charge is 0.302 e. The molecule has 0 saturated carbocycles. The molecule has 1 nitrogen and oxygen atoms in total. The zero-order chi connectivity index (χ0) is 11.8. The van der Waals surface area contributed by atoms with Crippen LogP contribution in [0.4, 0.5) is 0 Å². The number of benzene rings is 2. The lowest BCUT2D eigenvalue weighted by Gasteiger charge is -2.15. The number of fused-ring (bicyclic) bond motifs is 1. The van der Waals surface area contributed by atoms with Crippen molar-refractivity contribution in [2.75, 3.05) is 0 Å². The number of hydrogen-bond acceptors (Lipinski definition) is 1. The Bertz CT molecular complexity index is 557. The highest BCUT2D eigenvalue weighted by molar-refractivity contribution is 5.46. The van der Waals surface area contributed by atoms with E-state index in [0.29, 0.717) is 6.04 Å². The van der Waals surface area contributed by atoms with Gasteiger partial charge < -0.3 is 5.32 Å². The quantitative estimate of drug-likeness (QED) is 0.780. The van der Waals surface area contributed by atoms with Crippen LogP contribution in [0.25, 0.3) is 0 Å². The molecule has 0 bridgehead atoms. The van der Waals surface area contributed by atoms with Gasteiger partial charge in [0.15, 0.2) is 0 Å². The van der Waals surface area contributed by atoms with Gasteiger partial charge in [-0.2, -0.15) is 0 Å². The Balaban J connectivity index is 2.11. The van der Waals surface area contributed by atoms with E-state index >= 15 is 0 Å². The van der Waals surface area contributed by atoms with Crippen molar-refractivity contribution in [3.8, 4) is 0 Å². The van der Waals surface area contributed by atoms with Crippen LogP contribution < -0.4 is 5.32 Å². The third-order valence-electron chi connectivity index (χ3n) is 3.74. The maximum atomic E-state index is 3.62. The van der Waals surface area contributed by atoms with Crippen LogP contribution in [0.5, 0.6) is 0 Å². The molecule has 2 aromatic carbocycles. The highest BCUT2D eigenvalue weighted by Gasteiger charge is 2.24. The smallest absolute Gasteiger partial charge is 0.0585 e. The van der Waals surface area contributed by atoms with E-state index in [1.54, 1.807) is 0 Å². The summed E-state index contributed by atoms with van der Waals surface area (Å²) in [4.78, 5) is 0. The molecule has 1 unspecified atom stereocenters. The van der Waals surface area contributed by atoms with E-state index in [1.165, 1.54) is 27.8 Å². The van der Waals surface area contributed by atoms with Gasteiger partial charge in [-0.1, -0.05) is 42.5 Å². The van der Waals surface area contributed by atoms with Crippen molar-refractivity contribution in [2.24, 2.45) is 0 Å². The van der Waals surface area contributed by atoms with E-state index in [0.717, 1.165) is 6.54 Å². The van der Waals surface area contributed by atoms with Gasteiger partial charge in [0.2, 0.25) is 0 Å². The molecule has 1 aliphatic rings. The predicted molar refractivity (Wildman–Crippen MR) is 71.0 cm³/mol. The minimum atomic E-state index is 0.367. The van der Waals surface area contributed by atoms with Crippen molar-refractivity contribution >= 4 is 0 Å². The zero-order valence-electron chi connectivity index (χ0n) is 10.3. The van der Waals surface area contributed by atoms with Crippen LogP contribution in [0.15, 0.2) is 42.5 Å². The Morgan fingerprint density at radius 3 is 2.41 bits per heavy atom. The molecule has 17 heavy (non-hydrogen) atoms. The summed E-state index contributed by atoms with van der Waals surface area (Å²) < 4.78 is 0. The van der Waals surface area contributed by atoms with Crippen molar-refractivity contribution in [3.63, 3.8) is 0 Å². The third-order valence-corrected chi connectivity index (χ3v) is 3.74. The highest BCUT2D eigenvalue weighted by atomic mass is 14.9. The van der Waals surface area contributed by atoms with Crippen LogP contribution in [0, 0.1) is 13.8 Å². The number of aryl methyl sites for hydroxylation is 2. The fourth-order valence-electron chi connectivity index (χ4n) is 2.74. The minimum absolute atomic E-state index is 0.367. The highest BCUT2D eigenvalue weighted by Crippen LogP contribution is 2.33. The van der Waals surface area contributed by atoms with E-state index in [4.69, 9.17) is 0 Å². The lowest BCUT2D eigenvalue weighted by Crippen LogP contribution is -2.14. The molecule has 3 rings (SSSR count). The number of hydrogen-bond donors (Lipinski definition) is 1. The number of nitrogens with one attached hydrogen (secondary N) is 1. The van der Waals surface area contributed by atoms with Crippen LogP contribution in [-0.2, 0) is 6.54 Å². The molecule has 0 aliphatic carbocycles. The average Bonchev–Trinajstić information content (AvgIpc) is 2.75. The molecule has 0 amide bonds. The predicted octanol–water partition coefficient (Wildman–Crippen LogP) is 3.50. The van der Waals surface area contributed by atoms with E-state index in [2.05, 4.69) is 61.6 Å². The fourth-order valence-corrected chi connectivity index (χ4v) is 2.74.